The van der Waals surface area contributed by atoms with Gasteiger partial charge in [0.15, 0.2) is 0 Å². The van der Waals surface area contributed by atoms with Crippen LogP contribution in [0.3, 0.4) is 0 Å². The maximum absolute atomic E-state index is 5.85. The molecule has 2 aromatic rings. The highest BCUT2D eigenvalue weighted by Crippen LogP contribution is 2.15. The van der Waals surface area contributed by atoms with Gasteiger partial charge in [-0.3, -0.25) is 4.40 Å². The Labute approximate surface area is 100 Å². The predicted molar refractivity (Wildman–Crippen MR) is 68.2 cm³/mol. The molecule has 2 heterocycles. The van der Waals surface area contributed by atoms with E-state index in [4.69, 9.17) is 11.6 Å². The first kappa shape index (κ1) is 11.3. The van der Waals surface area contributed by atoms with E-state index in [2.05, 4.69) is 24.1 Å². The smallest absolute Gasteiger partial charge is 0.138 e. The molecule has 0 aliphatic heterocycles. The average molecular weight is 238 g/mol. The summed E-state index contributed by atoms with van der Waals surface area (Å²) in [6.45, 7) is 4.28. The lowest BCUT2D eigenvalue weighted by Gasteiger charge is -2.20. The number of aromatic nitrogens is 2. The van der Waals surface area contributed by atoms with Crippen molar-refractivity contribution in [3.8, 4) is 0 Å². The first-order chi connectivity index (χ1) is 7.72. The van der Waals surface area contributed by atoms with Crippen LogP contribution in [0.25, 0.3) is 5.65 Å². The second-order valence-corrected chi connectivity index (χ2v) is 4.44. The fourth-order valence-corrected chi connectivity index (χ4v) is 1.84. The Hall–Kier alpha value is -1.22. The maximum Gasteiger partial charge on any atom is 0.138 e. The van der Waals surface area contributed by atoms with Crippen molar-refractivity contribution in [2.45, 2.75) is 19.9 Å². The van der Waals surface area contributed by atoms with Crippen LogP contribution in [0.15, 0.2) is 30.6 Å². The van der Waals surface area contributed by atoms with Crippen molar-refractivity contribution in [1.29, 1.82) is 0 Å². The molecule has 0 aliphatic carbocycles. The molecular weight excluding hydrogens is 222 g/mol. The van der Waals surface area contributed by atoms with E-state index in [1.54, 1.807) is 6.20 Å². The minimum absolute atomic E-state index is 0.338. The first-order valence-electron chi connectivity index (χ1n) is 5.47. The Bertz CT molecular complexity index is 466. The number of hydrogen-bond acceptors (Lipinski definition) is 2. The van der Waals surface area contributed by atoms with Crippen LogP contribution in [-0.4, -0.2) is 21.3 Å². The van der Waals surface area contributed by atoms with Crippen LogP contribution in [-0.2, 0) is 0 Å². The molecule has 0 aliphatic rings. The Morgan fingerprint density at radius 1 is 1.44 bits per heavy atom. The van der Waals surface area contributed by atoms with E-state index in [1.165, 1.54) is 0 Å². The number of imidazole rings is 1. The van der Waals surface area contributed by atoms with Gasteiger partial charge in [0.2, 0.25) is 0 Å². The molecule has 0 bridgehead atoms. The molecule has 0 spiro atoms. The molecule has 0 radical (unpaired) electrons. The van der Waals surface area contributed by atoms with E-state index in [1.807, 2.05) is 28.8 Å². The molecule has 2 unspecified atom stereocenters. The third-order valence-corrected chi connectivity index (χ3v) is 3.39. The molecule has 0 fully saturated rings. The second-order valence-electron chi connectivity index (χ2n) is 4.13. The monoisotopic (exact) mass is 237 g/mol. The molecular formula is C12H16ClN3. The fraction of sp³-hybridized carbons (Fsp3) is 0.417. The van der Waals surface area contributed by atoms with Gasteiger partial charge < -0.3 is 5.32 Å². The lowest BCUT2D eigenvalue weighted by Crippen LogP contribution is -2.25. The van der Waals surface area contributed by atoms with Gasteiger partial charge in [-0.2, -0.15) is 0 Å². The summed E-state index contributed by atoms with van der Waals surface area (Å²) < 4.78 is 2.04. The summed E-state index contributed by atoms with van der Waals surface area (Å²) in [5, 5.41) is 3.46. The molecule has 86 valence electrons. The van der Waals surface area contributed by atoms with E-state index < -0.39 is 0 Å². The van der Waals surface area contributed by atoms with Gasteiger partial charge >= 0.3 is 0 Å². The van der Waals surface area contributed by atoms with Crippen LogP contribution in [0.4, 0.5) is 5.82 Å². The number of alkyl halides is 1. The summed E-state index contributed by atoms with van der Waals surface area (Å²) in [5.41, 5.74) is 0.954. The number of fused-ring (bicyclic) bond motifs is 1. The largest absolute Gasteiger partial charge is 0.368 e. The van der Waals surface area contributed by atoms with Crippen molar-refractivity contribution < 1.29 is 0 Å². The topological polar surface area (TPSA) is 29.3 Å². The number of hydrogen-bond donors (Lipinski definition) is 1. The molecule has 2 aromatic heterocycles. The number of pyridine rings is 1. The van der Waals surface area contributed by atoms with E-state index in [9.17, 15) is 0 Å². The van der Waals surface area contributed by atoms with Crippen LogP contribution in [0.5, 0.6) is 0 Å². The summed E-state index contributed by atoms with van der Waals surface area (Å²) in [6, 6.07) is 6.38. The summed E-state index contributed by atoms with van der Waals surface area (Å²) in [7, 11) is 0. The highest BCUT2D eigenvalue weighted by atomic mass is 35.5. The van der Waals surface area contributed by atoms with Gasteiger partial charge in [0.05, 0.1) is 0 Å². The van der Waals surface area contributed by atoms with Crippen molar-refractivity contribution in [2.75, 3.05) is 11.2 Å². The number of rotatable bonds is 4. The van der Waals surface area contributed by atoms with Gasteiger partial charge in [-0.15, -0.1) is 11.6 Å². The third-order valence-electron chi connectivity index (χ3n) is 2.90. The molecule has 0 aromatic carbocycles. The Kier molecular flexibility index (Phi) is 3.34. The average Bonchev–Trinajstić information content (AvgIpc) is 2.77. The molecule has 0 amide bonds. The Balaban J connectivity index is 2.23. The van der Waals surface area contributed by atoms with Crippen LogP contribution in [0.2, 0.25) is 0 Å². The van der Waals surface area contributed by atoms with Crippen molar-refractivity contribution in [3.63, 3.8) is 0 Å². The standard InChI is InChI=1S/C12H16ClN3/c1-9(8-13)10(2)15-12-5-3-4-11-14-6-7-16(11)12/h3-7,9-10,15H,8H2,1-2H3. The lowest BCUT2D eigenvalue weighted by atomic mass is 10.1. The highest BCUT2D eigenvalue weighted by Gasteiger charge is 2.11. The van der Waals surface area contributed by atoms with E-state index in [-0.39, 0.29) is 0 Å². The Morgan fingerprint density at radius 3 is 3.00 bits per heavy atom. The number of anilines is 1. The van der Waals surface area contributed by atoms with Gasteiger partial charge in [0.25, 0.3) is 0 Å². The fourth-order valence-electron chi connectivity index (χ4n) is 1.57. The number of halogens is 1. The third kappa shape index (κ3) is 2.14. The van der Waals surface area contributed by atoms with E-state index in [0.717, 1.165) is 11.5 Å². The summed E-state index contributed by atoms with van der Waals surface area (Å²) in [6.07, 6.45) is 3.76. The van der Waals surface area contributed by atoms with Crippen LogP contribution >= 0.6 is 11.6 Å². The van der Waals surface area contributed by atoms with Gasteiger partial charge in [-0.1, -0.05) is 13.0 Å². The summed E-state index contributed by atoms with van der Waals surface area (Å²) >= 11 is 5.85. The molecule has 16 heavy (non-hydrogen) atoms. The summed E-state index contributed by atoms with van der Waals surface area (Å²) in [4.78, 5) is 4.25. The minimum Gasteiger partial charge on any atom is -0.368 e. The van der Waals surface area contributed by atoms with Crippen molar-refractivity contribution in [2.24, 2.45) is 5.92 Å². The zero-order valence-electron chi connectivity index (χ0n) is 9.52. The van der Waals surface area contributed by atoms with E-state index >= 15 is 0 Å². The van der Waals surface area contributed by atoms with Gasteiger partial charge in [-0.25, -0.2) is 4.98 Å². The van der Waals surface area contributed by atoms with Crippen molar-refractivity contribution >= 4 is 23.1 Å². The lowest BCUT2D eigenvalue weighted by molar-refractivity contribution is 0.563. The molecule has 2 rings (SSSR count). The predicted octanol–water partition coefficient (Wildman–Crippen LogP) is 3.01. The minimum atomic E-state index is 0.338. The van der Waals surface area contributed by atoms with Crippen LogP contribution in [0.1, 0.15) is 13.8 Å². The van der Waals surface area contributed by atoms with E-state index in [0.29, 0.717) is 17.8 Å². The molecule has 2 atom stereocenters. The zero-order valence-corrected chi connectivity index (χ0v) is 10.3. The molecule has 4 heteroatoms. The van der Waals surface area contributed by atoms with Crippen molar-refractivity contribution in [3.05, 3.63) is 30.6 Å². The number of nitrogens with zero attached hydrogens (tertiary/aromatic N) is 2. The van der Waals surface area contributed by atoms with Crippen molar-refractivity contribution in [1.82, 2.24) is 9.38 Å². The molecule has 1 N–H and O–H groups in total. The van der Waals surface area contributed by atoms with Gasteiger partial charge in [0, 0.05) is 24.3 Å². The normalized spacial score (nSPS) is 14.9. The molecule has 0 saturated heterocycles. The Morgan fingerprint density at radius 2 is 2.25 bits per heavy atom. The van der Waals surface area contributed by atoms with Gasteiger partial charge in [0.1, 0.15) is 11.5 Å². The highest BCUT2D eigenvalue weighted by molar-refractivity contribution is 6.18. The first-order valence-corrected chi connectivity index (χ1v) is 6.00. The van der Waals surface area contributed by atoms with Crippen LogP contribution < -0.4 is 5.32 Å². The second kappa shape index (κ2) is 4.74. The van der Waals surface area contributed by atoms with Crippen LogP contribution in [0, 0.1) is 5.92 Å². The maximum atomic E-state index is 5.85. The zero-order chi connectivity index (χ0) is 11.5. The molecule has 3 nitrogen and oxygen atoms in total. The number of nitrogens with one attached hydrogen (secondary N) is 1. The molecule has 0 saturated carbocycles. The SMILES string of the molecule is CC(CCl)C(C)Nc1cccc2nccn12. The summed E-state index contributed by atoms with van der Waals surface area (Å²) in [5.74, 6) is 2.15. The van der Waals surface area contributed by atoms with Gasteiger partial charge in [-0.05, 0) is 25.0 Å². The quantitative estimate of drug-likeness (QED) is 0.829.